The van der Waals surface area contributed by atoms with Crippen LogP contribution in [0.3, 0.4) is 0 Å². The van der Waals surface area contributed by atoms with Gasteiger partial charge >= 0.3 is 0 Å². The minimum atomic E-state index is -3.41. The Morgan fingerprint density at radius 1 is 0.382 bits per heavy atom. The van der Waals surface area contributed by atoms with Gasteiger partial charge in [0.05, 0.1) is 28.1 Å². The standard InChI is InChI=1S/C50H39N2OPSi/c1-36-25-29-38(30-26-36)51-44-21-12-13-24-48(44)54(53)49-34-33-43(35-47(49)52(39-31-27-37(2)28-32-39)46-23-14-22-45(51)50(46)54)55(40-15-6-3-7-16-40,41-17-8-4-9-18-41)42-19-10-5-11-20-42/h3-35H,1-2H3. The third-order valence-corrected chi connectivity index (χ3v) is 19.4. The van der Waals surface area contributed by atoms with Gasteiger partial charge in [0.15, 0.2) is 15.2 Å². The van der Waals surface area contributed by atoms with Crippen LogP contribution in [-0.2, 0) is 4.57 Å². The first-order valence-corrected chi connectivity index (χ1v) is 22.6. The summed E-state index contributed by atoms with van der Waals surface area (Å²) in [6.07, 6.45) is 0. The topological polar surface area (TPSA) is 23.6 Å². The third kappa shape index (κ3) is 4.99. The first-order chi connectivity index (χ1) is 27.0. The number of rotatable bonds is 6. The van der Waals surface area contributed by atoms with Crippen LogP contribution in [0.2, 0.25) is 0 Å². The molecule has 0 bridgehead atoms. The summed E-state index contributed by atoms with van der Waals surface area (Å²) in [7, 11) is -6.31. The van der Waals surface area contributed by atoms with E-state index in [4.69, 9.17) is 0 Å². The lowest BCUT2D eigenvalue weighted by molar-refractivity contribution is 0.592. The lowest BCUT2D eigenvalue weighted by Crippen LogP contribution is -2.74. The van der Waals surface area contributed by atoms with Crippen LogP contribution in [-0.4, -0.2) is 8.07 Å². The zero-order valence-corrected chi connectivity index (χ0v) is 32.7. The van der Waals surface area contributed by atoms with E-state index in [0.29, 0.717) is 0 Å². The van der Waals surface area contributed by atoms with Crippen molar-refractivity contribution in [3.8, 4) is 0 Å². The Balaban J connectivity index is 1.32. The monoisotopic (exact) mass is 742 g/mol. The molecule has 10 rings (SSSR count). The van der Waals surface area contributed by atoms with E-state index in [2.05, 4.69) is 218 Å². The summed E-state index contributed by atoms with van der Waals surface area (Å²) >= 11 is 0. The Kier molecular flexibility index (Phi) is 7.88. The van der Waals surface area contributed by atoms with Crippen molar-refractivity contribution in [3.63, 3.8) is 0 Å². The fraction of sp³-hybridized carbons (Fsp3) is 0.0400. The van der Waals surface area contributed by atoms with E-state index in [9.17, 15) is 0 Å². The fourth-order valence-electron chi connectivity index (χ4n) is 8.96. The van der Waals surface area contributed by atoms with Crippen LogP contribution in [0.15, 0.2) is 200 Å². The van der Waals surface area contributed by atoms with Crippen molar-refractivity contribution in [2.75, 3.05) is 9.80 Å². The van der Waals surface area contributed by atoms with Gasteiger partial charge in [0.1, 0.15) is 0 Å². The minimum Gasteiger partial charge on any atom is -0.309 e. The zero-order valence-electron chi connectivity index (χ0n) is 30.8. The van der Waals surface area contributed by atoms with Gasteiger partial charge in [0.25, 0.3) is 0 Å². The second-order valence-electron chi connectivity index (χ2n) is 14.6. The molecular weight excluding hydrogens is 704 g/mol. The lowest BCUT2D eigenvalue weighted by Gasteiger charge is -2.45. The van der Waals surface area contributed by atoms with Crippen molar-refractivity contribution < 1.29 is 4.57 Å². The molecule has 8 aromatic carbocycles. The fourth-order valence-corrected chi connectivity index (χ4v) is 17.0. The van der Waals surface area contributed by atoms with Crippen molar-refractivity contribution >= 4 is 86.0 Å². The molecule has 0 spiro atoms. The molecule has 0 radical (unpaired) electrons. The van der Waals surface area contributed by atoms with Crippen LogP contribution in [0, 0.1) is 13.8 Å². The van der Waals surface area contributed by atoms with Gasteiger partial charge in [-0.25, -0.2) is 0 Å². The summed E-state index contributed by atoms with van der Waals surface area (Å²) in [5.41, 5.74) is 8.31. The molecule has 0 amide bonds. The molecule has 264 valence electrons. The maximum atomic E-state index is 16.7. The maximum Gasteiger partial charge on any atom is 0.179 e. The summed E-state index contributed by atoms with van der Waals surface area (Å²) in [5, 5.41) is 7.76. The second-order valence-corrected chi connectivity index (χ2v) is 21.1. The molecule has 55 heavy (non-hydrogen) atoms. The molecule has 5 heteroatoms. The Morgan fingerprint density at radius 2 is 0.800 bits per heavy atom. The summed E-state index contributed by atoms with van der Waals surface area (Å²) in [5.74, 6) is 0. The lowest BCUT2D eigenvalue weighted by atomic mass is 10.1. The van der Waals surface area contributed by atoms with Gasteiger partial charge in [-0.2, -0.15) is 0 Å². The minimum absolute atomic E-state index is 0.866. The molecule has 0 saturated heterocycles. The highest BCUT2D eigenvalue weighted by Gasteiger charge is 2.50. The van der Waals surface area contributed by atoms with E-state index in [1.807, 2.05) is 6.07 Å². The Morgan fingerprint density at radius 3 is 1.31 bits per heavy atom. The van der Waals surface area contributed by atoms with Gasteiger partial charge < -0.3 is 14.4 Å². The van der Waals surface area contributed by atoms with Crippen molar-refractivity contribution in [1.29, 1.82) is 0 Å². The van der Waals surface area contributed by atoms with Crippen LogP contribution in [0.5, 0.6) is 0 Å². The van der Waals surface area contributed by atoms with E-state index in [0.717, 1.165) is 50.0 Å². The quantitative estimate of drug-likeness (QED) is 0.0967. The number of aryl methyl sites for hydroxylation is 2. The smallest absolute Gasteiger partial charge is 0.179 e. The van der Waals surface area contributed by atoms with E-state index in [-0.39, 0.29) is 0 Å². The molecule has 1 unspecified atom stereocenters. The molecule has 3 nitrogen and oxygen atoms in total. The van der Waals surface area contributed by atoms with Gasteiger partial charge in [-0.1, -0.05) is 151 Å². The molecule has 2 aliphatic rings. The Labute approximate surface area is 324 Å². The van der Waals surface area contributed by atoms with Gasteiger partial charge in [-0.15, -0.1) is 0 Å². The normalized spacial score (nSPS) is 15.5. The van der Waals surface area contributed by atoms with Gasteiger partial charge in [0, 0.05) is 22.0 Å². The molecular formula is C50H39N2OPSi. The molecule has 8 aromatic rings. The summed E-state index contributed by atoms with van der Waals surface area (Å²) in [4.78, 5) is 4.67. The number of hydrogen-bond acceptors (Lipinski definition) is 3. The second kappa shape index (κ2) is 13.0. The third-order valence-electron chi connectivity index (χ3n) is 11.4. The highest BCUT2D eigenvalue weighted by atomic mass is 31.2. The van der Waals surface area contributed by atoms with Crippen LogP contribution < -0.4 is 46.5 Å². The van der Waals surface area contributed by atoms with E-state index < -0.39 is 15.2 Å². The molecule has 0 N–H and O–H groups in total. The molecule has 1 atom stereocenters. The molecule has 0 fully saturated rings. The number of hydrogen-bond donors (Lipinski definition) is 0. The van der Waals surface area contributed by atoms with E-state index >= 15 is 4.57 Å². The van der Waals surface area contributed by atoms with Gasteiger partial charge in [0.2, 0.25) is 0 Å². The van der Waals surface area contributed by atoms with Crippen LogP contribution >= 0.6 is 7.14 Å². The average molecular weight is 743 g/mol. The largest absolute Gasteiger partial charge is 0.309 e. The van der Waals surface area contributed by atoms with Gasteiger partial charge in [-0.3, -0.25) is 0 Å². The molecule has 2 heterocycles. The average Bonchev–Trinajstić information content (AvgIpc) is 3.24. The Bertz CT molecular complexity index is 2660. The number of para-hydroxylation sites is 1. The van der Waals surface area contributed by atoms with Crippen molar-refractivity contribution in [2.24, 2.45) is 0 Å². The van der Waals surface area contributed by atoms with Crippen molar-refractivity contribution in [3.05, 3.63) is 211 Å². The molecule has 0 aromatic heterocycles. The van der Waals surface area contributed by atoms with Crippen LogP contribution in [0.4, 0.5) is 34.1 Å². The number of benzene rings is 8. The van der Waals surface area contributed by atoms with Crippen molar-refractivity contribution in [1.82, 2.24) is 0 Å². The maximum absolute atomic E-state index is 16.7. The summed E-state index contributed by atoms with van der Waals surface area (Å²) < 4.78 is 16.7. The number of nitrogens with zero attached hydrogens (tertiary/aromatic N) is 2. The predicted octanol–water partition coefficient (Wildman–Crippen LogP) is 8.89. The highest BCUT2D eigenvalue weighted by molar-refractivity contribution is 7.86. The first kappa shape index (κ1) is 33.4. The molecule has 2 aliphatic heterocycles. The summed E-state index contributed by atoms with van der Waals surface area (Å²) in [6, 6.07) is 72.1. The predicted molar refractivity (Wildman–Crippen MR) is 235 cm³/mol. The van der Waals surface area contributed by atoms with Crippen LogP contribution in [0.25, 0.3) is 0 Å². The Hall–Kier alpha value is -6.19. The van der Waals surface area contributed by atoms with Crippen molar-refractivity contribution in [2.45, 2.75) is 13.8 Å². The molecule has 0 saturated carbocycles. The SMILES string of the molecule is Cc1ccc(N2c3ccccc3P3(=O)c4ccc([Si](c5ccccc5)(c5ccccc5)c5ccccc5)cc4N(c4ccc(C)cc4)c4cccc2c43)cc1. The number of fused-ring (bicyclic) bond motifs is 4. The van der Waals surface area contributed by atoms with E-state index in [1.54, 1.807) is 0 Å². The zero-order chi connectivity index (χ0) is 37.1. The van der Waals surface area contributed by atoms with E-state index in [1.165, 1.54) is 31.9 Å². The van der Waals surface area contributed by atoms with Crippen LogP contribution in [0.1, 0.15) is 11.1 Å². The van der Waals surface area contributed by atoms with Gasteiger partial charge in [-0.05, 0) is 95.3 Å². The molecule has 0 aliphatic carbocycles. The summed E-state index contributed by atoms with van der Waals surface area (Å²) in [6.45, 7) is 4.24. The highest BCUT2D eigenvalue weighted by Crippen LogP contribution is 2.61. The number of anilines is 6. The first-order valence-electron chi connectivity index (χ1n) is 18.9.